The van der Waals surface area contributed by atoms with Crippen LogP contribution in [0.15, 0.2) is 54.7 Å². The molecule has 0 fully saturated rings. The minimum atomic E-state index is -0.0441. The Morgan fingerprint density at radius 2 is 1.73 bits per heavy atom. The average Bonchev–Trinajstić information content (AvgIpc) is 3.22. The van der Waals surface area contributed by atoms with Crippen LogP contribution in [0.5, 0.6) is 17.2 Å². The summed E-state index contributed by atoms with van der Waals surface area (Å²) < 4.78 is 16.0. The highest BCUT2D eigenvalue weighted by Gasteiger charge is 2.17. The Morgan fingerprint density at radius 3 is 2.40 bits per heavy atom. The van der Waals surface area contributed by atoms with Crippen LogP contribution in [-0.2, 0) is 6.42 Å². The van der Waals surface area contributed by atoms with Crippen LogP contribution >= 0.6 is 11.3 Å². The molecule has 6 nitrogen and oxygen atoms in total. The van der Waals surface area contributed by atoms with Gasteiger partial charge in [0.2, 0.25) is 5.75 Å². The van der Waals surface area contributed by atoms with Crippen LogP contribution in [0.25, 0.3) is 20.9 Å². The molecule has 152 valence electrons. The number of ether oxygens (including phenoxy) is 3. The molecule has 2 aromatic carbocycles. The van der Waals surface area contributed by atoms with Crippen molar-refractivity contribution in [3.05, 3.63) is 65.9 Å². The highest BCUT2D eigenvalue weighted by Crippen LogP contribution is 2.38. The Morgan fingerprint density at radius 1 is 0.967 bits per heavy atom. The number of fused-ring (bicyclic) bond motifs is 1. The van der Waals surface area contributed by atoms with Crippen molar-refractivity contribution in [1.82, 2.24) is 9.97 Å². The van der Waals surface area contributed by atoms with Crippen molar-refractivity contribution < 1.29 is 19.0 Å². The number of thiazole rings is 1. The number of pyridine rings is 1. The van der Waals surface area contributed by atoms with Gasteiger partial charge in [-0.05, 0) is 35.9 Å². The van der Waals surface area contributed by atoms with Gasteiger partial charge < -0.3 is 14.2 Å². The lowest BCUT2D eigenvalue weighted by atomic mass is 10.0. The lowest BCUT2D eigenvalue weighted by Gasteiger charge is -2.13. The zero-order chi connectivity index (χ0) is 21.1. The minimum absolute atomic E-state index is 0.0441. The van der Waals surface area contributed by atoms with E-state index in [9.17, 15) is 4.79 Å². The molecule has 0 aliphatic heterocycles. The molecule has 0 aliphatic rings. The Labute approximate surface area is 178 Å². The zero-order valence-corrected chi connectivity index (χ0v) is 17.7. The Bertz CT molecular complexity index is 1160. The van der Waals surface area contributed by atoms with E-state index >= 15 is 0 Å². The molecular weight excluding hydrogens is 400 g/mol. The van der Waals surface area contributed by atoms with E-state index in [-0.39, 0.29) is 12.2 Å². The average molecular weight is 420 g/mol. The molecule has 4 aromatic rings. The smallest absolute Gasteiger partial charge is 0.203 e. The predicted octanol–water partition coefficient (Wildman–Crippen LogP) is 4.81. The summed E-state index contributed by atoms with van der Waals surface area (Å²) in [5.74, 6) is 1.33. The van der Waals surface area contributed by atoms with Gasteiger partial charge in [-0.1, -0.05) is 29.5 Å². The normalized spacial score (nSPS) is 10.8. The number of carbonyl (C=O) groups is 1. The fraction of sp³-hybridized carbons (Fsp3) is 0.174. The second-order valence-corrected chi connectivity index (χ2v) is 7.54. The van der Waals surface area contributed by atoms with Gasteiger partial charge in [-0.3, -0.25) is 4.79 Å². The van der Waals surface area contributed by atoms with E-state index in [4.69, 9.17) is 14.2 Å². The number of nitrogens with zero attached hydrogens (tertiary/aromatic N) is 2. The summed E-state index contributed by atoms with van der Waals surface area (Å²) in [6.45, 7) is 0. The summed E-state index contributed by atoms with van der Waals surface area (Å²) in [6.07, 6.45) is 2.01. The van der Waals surface area contributed by atoms with Gasteiger partial charge in [0.15, 0.2) is 17.3 Å². The van der Waals surface area contributed by atoms with Crippen molar-refractivity contribution in [3.8, 4) is 27.8 Å². The standard InChI is InChI=1S/C23H20N2O4S/c1-27-19-12-16(13-20(28-2)21(19)29-3)18(26)11-14-6-4-7-15(10-14)22-25-17-8-5-9-24-23(17)30-22/h4-10,12-13H,11H2,1-3H3. The molecule has 0 radical (unpaired) electrons. The molecule has 0 spiro atoms. The van der Waals surface area contributed by atoms with Gasteiger partial charge in [0.05, 0.1) is 21.3 Å². The number of Topliss-reactive ketones (excluding diaryl/α,β-unsaturated/α-hetero) is 1. The van der Waals surface area contributed by atoms with Gasteiger partial charge in [-0.25, -0.2) is 9.97 Å². The van der Waals surface area contributed by atoms with Crippen LogP contribution in [-0.4, -0.2) is 37.1 Å². The molecule has 7 heteroatoms. The van der Waals surface area contributed by atoms with Crippen LogP contribution in [0.3, 0.4) is 0 Å². The molecule has 0 saturated heterocycles. The highest BCUT2D eigenvalue weighted by molar-refractivity contribution is 7.21. The first kappa shape index (κ1) is 19.8. The van der Waals surface area contributed by atoms with E-state index in [2.05, 4.69) is 9.97 Å². The van der Waals surface area contributed by atoms with Crippen LogP contribution in [0.2, 0.25) is 0 Å². The molecule has 0 bridgehead atoms. The molecule has 0 N–H and O–H groups in total. The van der Waals surface area contributed by atoms with Crippen LogP contribution in [0, 0.1) is 0 Å². The Hall–Kier alpha value is -3.45. The monoisotopic (exact) mass is 420 g/mol. The fourth-order valence-electron chi connectivity index (χ4n) is 3.24. The second kappa shape index (κ2) is 8.51. The second-order valence-electron chi connectivity index (χ2n) is 6.56. The Kier molecular flexibility index (Phi) is 5.63. The summed E-state index contributed by atoms with van der Waals surface area (Å²) in [5, 5.41) is 0.880. The van der Waals surface area contributed by atoms with Gasteiger partial charge in [0.25, 0.3) is 0 Å². The number of carbonyl (C=O) groups excluding carboxylic acids is 1. The number of aromatic nitrogens is 2. The van der Waals surface area contributed by atoms with E-state index in [0.717, 1.165) is 26.5 Å². The quantitative estimate of drug-likeness (QED) is 0.400. The number of hydrogen-bond acceptors (Lipinski definition) is 7. The highest BCUT2D eigenvalue weighted by atomic mass is 32.1. The Balaban J connectivity index is 1.62. The third-order valence-electron chi connectivity index (χ3n) is 4.69. The predicted molar refractivity (Wildman–Crippen MR) is 117 cm³/mol. The number of ketones is 1. The van der Waals surface area contributed by atoms with E-state index in [1.807, 2.05) is 36.4 Å². The lowest BCUT2D eigenvalue weighted by molar-refractivity contribution is 0.0992. The van der Waals surface area contributed by atoms with E-state index in [1.165, 1.54) is 32.7 Å². The molecule has 0 aliphatic carbocycles. The van der Waals surface area contributed by atoms with Crippen molar-refractivity contribution in [3.63, 3.8) is 0 Å². The number of methoxy groups -OCH3 is 3. The van der Waals surface area contributed by atoms with E-state index in [1.54, 1.807) is 18.3 Å². The molecule has 0 atom stereocenters. The van der Waals surface area contributed by atoms with Crippen LogP contribution in [0.4, 0.5) is 0 Å². The van der Waals surface area contributed by atoms with Crippen molar-refractivity contribution in [2.45, 2.75) is 6.42 Å². The maximum atomic E-state index is 13.0. The van der Waals surface area contributed by atoms with Gasteiger partial charge in [0, 0.05) is 23.7 Å². The lowest BCUT2D eigenvalue weighted by Crippen LogP contribution is -2.06. The summed E-state index contributed by atoms with van der Waals surface area (Å²) in [4.78, 5) is 22.9. The first-order chi connectivity index (χ1) is 14.6. The van der Waals surface area contributed by atoms with Crippen molar-refractivity contribution in [1.29, 1.82) is 0 Å². The molecular formula is C23H20N2O4S. The molecule has 2 heterocycles. The number of benzene rings is 2. The first-order valence-corrected chi connectivity index (χ1v) is 10.1. The fourth-order valence-corrected chi connectivity index (χ4v) is 4.14. The summed E-state index contributed by atoms with van der Waals surface area (Å²) in [5.41, 5.74) is 3.24. The maximum absolute atomic E-state index is 13.0. The van der Waals surface area contributed by atoms with Crippen LogP contribution < -0.4 is 14.2 Å². The molecule has 0 unspecified atom stereocenters. The largest absolute Gasteiger partial charge is 0.493 e. The van der Waals surface area contributed by atoms with Gasteiger partial charge in [-0.2, -0.15) is 0 Å². The summed E-state index contributed by atoms with van der Waals surface area (Å²) in [6, 6.07) is 15.0. The van der Waals surface area contributed by atoms with Gasteiger partial charge in [-0.15, -0.1) is 0 Å². The summed E-state index contributed by atoms with van der Waals surface area (Å²) in [7, 11) is 4.59. The molecule has 2 aromatic heterocycles. The van der Waals surface area contributed by atoms with E-state index in [0.29, 0.717) is 22.8 Å². The minimum Gasteiger partial charge on any atom is -0.493 e. The molecule has 30 heavy (non-hydrogen) atoms. The molecule has 4 rings (SSSR count). The maximum Gasteiger partial charge on any atom is 0.203 e. The number of hydrogen-bond donors (Lipinski definition) is 0. The van der Waals surface area contributed by atoms with Gasteiger partial charge >= 0.3 is 0 Å². The SMILES string of the molecule is COc1cc(C(=O)Cc2cccc(-c3nc4cccnc4s3)c2)cc(OC)c1OC. The third kappa shape index (κ3) is 3.84. The first-order valence-electron chi connectivity index (χ1n) is 9.27. The zero-order valence-electron chi connectivity index (χ0n) is 16.8. The summed E-state index contributed by atoms with van der Waals surface area (Å²) >= 11 is 1.53. The number of rotatable bonds is 7. The van der Waals surface area contributed by atoms with Crippen molar-refractivity contribution in [2.75, 3.05) is 21.3 Å². The molecule has 0 amide bonds. The van der Waals surface area contributed by atoms with Crippen molar-refractivity contribution in [2.24, 2.45) is 0 Å². The van der Waals surface area contributed by atoms with Crippen LogP contribution in [0.1, 0.15) is 15.9 Å². The van der Waals surface area contributed by atoms with Gasteiger partial charge in [0.1, 0.15) is 15.4 Å². The third-order valence-corrected chi connectivity index (χ3v) is 5.72. The van der Waals surface area contributed by atoms with E-state index < -0.39 is 0 Å². The topological polar surface area (TPSA) is 70.5 Å². The molecule has 0 saturated carbocycles. The van der Waals surface area contributed by atoms with Crippen molar-refractivity contribution >= 4 is 27.5 Å².